The van der Waals surface area contributed by atoms with Crippen molar-refractivity contribution in [1.82, 2.24) is 0 Å². The Bertz CT molecular complexity index is 289. The topological polar surface area (TPSA) is 29.5 Å². The first-order valence-electron chi connectivity index (χ1n) is 3.87. The number of anilines is 1. The quantitative estimate of drug-likeness (QED) is 0.693. The van der Waals surface area contributed by atoms with E-state index in [2.05, 4.69) is 0 Å². The van der Waals surface area contributed by atoms with Crippen LogP contribution in [0.5, 0.6) is 0 Å². The molecule has 1 saturated heterocycles. The molecule has 0 bridgehead atoms. The zero-order chi connectivity index (χ0) is 8.39. The van der Waals surface area contributed by atoms with E-state index in [-0.39, 0.29) is 18.5 Å². The standard InChI is InChI=1S/C9H9NO2.ClH/c11-9-10(6-7-12-9)8-4-2-1-3-5-8;/h1-5H,6-7H2;1H. The Balaban J connectivity index is 0.000000845. The van der Waals surface area contributed by atoms with E-state index in [1.807, 2.05) is 30.3 Å². The molecule has 1 aromatic carbocycles. The molecule has 13 heavy (non-hydrogen) atoms. The summed E-state index contributed by atoms with van der Waals surface area (Å²) in [6, 6.07) is 9.52. The summed E-state index contributed by atoms with van der Waals surface area (Å²) in [4.78, 5) is 12.7. The van der Waals surface area contributed by atoms with E-state index in [1.165, 1.54) is 0 Å². The zero-order valence-corrected chi connectivity index (χ0v) is 7.79. The van der Waals surface area contributed by atoms with Crippen LogP contribution in [0, 0.1) is 0 Å². The third-order valence-electron chi connectivity index (χ3n) is 1.83. The van der Waals surface area contributed by atoms with Crippen molar-refractivity contribution in [1.29, 1.82) is 0 Å². The number of rotatable bonds is 1. The van der Waals surface area contributed by atoms with Crippen LogP contribution >= 0.6 is 12.4 Å². The van der Waals surface area contributed by atoms with E-state index < -0.39 is 0 Å². The lowest BCUT2D eigenvalue weighted by Crippen LogP contribution is -2.22. The summed E-state index contributed by atoms with van der Waals surface area (Å²) in [6.07, 6.45) is -0.249. The number of carbonyl (C=O) groups excluding carboxylic acids is 1. The van der Waals surface area contributed by atoms with Crippen LogP contribution in [-0.2, 0) is 4.74 Å². The van der Waals surface area contributed by atoms with Crippen LogP contribution in [0.25, 0.3) is 0 Å². The molecular formula is C9H10ClNO2. The van der Waals surface area contributed by atoms with E-state index in [1.54, 1.807) is 4.90 Å². The number of para-hydroxylation sites is 1. The van der Waals surface area contributed by atoms with Gasteiger partial charge in [-0.3, -0.25) is 4.90 Å². The summed E-state index contributed by atoms with van der Waals surface area (Å²) in [6.45, 7) is 1.15. The number of carbonyl (C=O) groups is 1. The number of hydrogen-bond donors (Lipinski definition) is 0. The van der Waals surface area contributed by atoms with Gasteiger partial charge in [-0.05, 0) is 12.1 Å². The molecule has 0 radical (unpaired) electrons. The van der Waals surface area contributed by atoms with Crippen LogP contribution in [0.1, 0.15) is 0 Å². The third kappa shape index (κ3) is 1.92. The van der Waals surface area contributed by atoms with Crippen molar-refractivity contribution < 1.29 is 9.53 Å². The van der Waals surface area contributed by atoms with Crippen LogP contribution in [0.15, 0.2) is 30.3 Å². The number of benzene rings is 1. The van der Waals surface area contributed by atoms with E-state index in [9.17, 15) is 4.79 Å². The van der Waals surface area contributed by atoms with Crippen molar-refractivity contribution in [3.8, 4) is 0 Å². The molecule has 1 fully saturated rings. The van der Waals surface area contributed by atoms with Gasteiger partial charge in [0.1, 0.15) is 6.61 Å². The maximum atomic E-state index is 11.1. The second-order valence-corrected chi connectivity index (χ2v) is 2.60. The van der Waals surface area contributed by atoms with Gasteiger partial charge in [0, 0.05) is 5.69 Å². The first kappa shape index (κ1) is 9.86. The first-order valence-corrected chi connectivity index (χ1v) is 3.87. The number of halogens is 1. The lowest BCUT2D eigenvalue weighted by Gasteiger charge is -2.11. The normalized spacial score (nSPS) is 15.1. The van der Waals surface area contributed by atoms with Crippen molar-refractivity contribution >= 4 is 24.2 Å². The SMILES string of the molecule is Cl.O=C1OCCN1c1ccccc1. The number of hydrogen-bond acceptors (Lipinski definition) is 2. The summed E-state index contributed by atoms with van der Waals surface area (Å²) >= 11 is 0. The van der Waals surface area contributed by atoms with Gasteiger partial charge >= 0.3 is 6.09 Å². The van der Waals surface area contributed by atoms with E-state index in [4.69, 9.17) is 4.74 Å². The molecule has 3 nitrogen and oxygen atoms in total. The van der Waals surface area contributed by atoms with E-state index >= 15 is 0 Å². The maximum Gasteiger partial charge on any atom is 0.414 e. The van der Waals surface area contributed by atoms with Crippen LogP contribution in [0.2, 0.25) is 0 Å². The van der Waals surface area contributed by atoms with Gasteiger partial charge in [0.2, 0.25) is 0 Å². The van der Waals surface area contributed by atoms with Crippen molar-refractivity contribution in [2.75, 3.05) is 18.1 Å². The van der Waals surface area contributed by atoms with Gasteiger partial charge in [-0.1, -0.05) is 18.2 Å². The van der Waals surface area contributed by atoms with Gasteiger partial charge in [-0.2, -0.15) is 0 Å². The Morgan fingerprint density at radius 3 is 2.46 bits per heavy atom. The molecule has 1 aliphatic rings. The van der Waals surface area contributed by atoms with Crippen LogP contribution in [0.4, 0.5) is 10.5 Å². The van der Waals surface area contributed by atoms with Crippen LogP contribution < -0.4 is 4.90 Å². The molecule has 1 aliphatic heterocycles. The van der Waals surface area contributed by atoms with Gasteiger partial charge in [-0.25, -0.2) is 4.79 Å². The summed E-state index contributed by atoms with van der Waals surface area (Å²) < 4.78 is 4.81. The molecule has 0 spiro atoms. The molecular weight excluding hydrogens is 190 g/mol. The molecule has 70 valence electrons. The van der Waals surface area contributed by atoms with Gasteiger partial charge in [0.25, 0.3) is 0 Å². The summed E-state index contributed by atoms with van der Waals surface area (Å²) in [5.74, 6) is 0. The van der Waals surface area contributed by atoms with Crippen LogP contribution in [0.3, 0.4) is 0 Å². The fourth-order valence-electron chi connectivity index (χ4n) is 1.24. The van der Waals surface area contributed by atoms with Crippen molar-refractivity contribution in [2.24, 2.45) is 0 Å². The average Bonchev–Trinajstić information content (AvgIpc) is 2.53. The molecule has 0 aliphatic carbocycles. The highest BCUT2D eigenvalue weighted by Gasteiger charge is 2.22. The highest BCUT2D eigenvalue weighted by Crippen LogP contribution is 2.16. The van der Waals surface area contributed by atoms with Crippen molar-refractivity contribution in [3.63, 3.8) is 0 Å². The minimum absolute atomic E-state index is 0. The molecule has 1 aromatic rings. The Kier molecular flexibility index (Phi) is 3.14. The highest BCUT2D eigenvalue weighted by molar-refractivity contribution is 5.89. The average molecular weight is 200 g/mol. The minimum Gasteiger partial charge on any atom is -0.447 e. The van der Waals surface area contributed by atoms with E-state index in [0.717, 1.165) is 5.69 Å². The lowest BCUT2D eigenvalue weighted by atomic mass is 10.3. The third-order valence-corrected chi connectivity index (χ3v) is 1.83. The number of amides is 1. The van der Waals surface area contributed by atoms with E-state index in [0.29, 0.717) is 13.2 Å². The zero-order valence-electron chi connectivity index (χ0n) is 6.97. The Hall–Kier alpha value is -1.22. The van der Waals surface area contributed by atoms with Crippen molar-refractivity contribution in [3.05, 3.63) is 30.3 Å². The summed E-state index contributed by atoms with van der Waals surface area (Å²) in [5.41, 5.74) is 0.903. The first-order chi connectivity index (χ1) is 5.88. The number of nitrogens with zero attached hydrogens (tertiary/aromatic N) is 1. The van der Waals surface area contributed by atoms with Gasteiger partial charge in [-0.15, -0.1) is 12.4 Å². The van der Waals surface area contributed by atoms with Crippen LogP contribution in [-0.4, -0.2) is 19.2 Å². The van der Waals surface area contributed by atoms with Gasteiger partial charge < -0.3 is 4.74 Å². The fourth-order valence-corrected chi connectivity index (χ4v) is 1.24. The minimum atomic E-state index is -0.249. The van der Waals surface area contributed by atoms with Crippen molar-refractivity contribution in [2.45, 2.75) is 0 Å². The Morgan fingerprint density at radius 2 is 1.92 bits per heavy atom. The second kappa shape index (κ2) is 4.14. The molecule has 0 unspecified atom stereocenters. The molecule has 1 heterocycles. The Labute approximate surface area is 82.7 Å². The summed E-state index contributed by atoms with van der Waals surface area (Å²) in [5, 5.41) is 0. The molecule has 0 aromatic heterocycles. The number of ether oxygens (including phenoxy) is 1. The largest absolute Gasteiger partial charge is 0.447 e. The maximum absolute atomic E-state index is 11.1. The molecule has 1 amide bonds. The molecule has 0 atom stereocenters. The van der Waals surface area contributed by atoms with Gasteiger partial charge in [0.15, 0.2) is 0 Å². The smallest absolute Gasteiger partial charge is 0.414 e. The molecule has 0 N–H and O–H groups in total. The predicted octanol–water partition coefficient (Wildman–Crippen LogP) is 2.06. The highest BCUT2D eigenvalue weighted by atomic mass is 35.5. The predicted molar refractivity (Wildman–Crippen MR) is 52.4 cm³/mol. The van der Waals surface area contributed by atoms with Gasteiger partial charge in [0.05, 0.1) is 6.54 Å². The Morgan fingerprint density at radius 1 is 1.23 bits per heavy atom. The molecule has 2 rings (SSSR count). The summed E-state index contributed by atoms with van der Waals surface area (Å²) in [7, 11) is 0. The monoisotopic (exact) mass is 199 g/mol. The second-order valence-electron chi connectivity index (χ2n) is 2.60. The molecule has 4 heteroatoms. The number of cyclic esters (lactones) is 1. The lowest BCUT2D eigenvalue weighted by molar-refractivity contribution is 0.181. The fraction of sp³-hybridized carbons (Fsp3) is 0.222. The molecule has 0 saturated carbocycles.